The van der Waals surface area contributed by atoms with Crippen LogP contribution in [0.4, 0.5) is 5.82 Å². The average Bonchev–Trinajstić information content (AvgIpc) is 2.46. The lowest BCUT2D eigenvalue weighted by Crippen LogP contribution is -2.37. The summed E-state index contributed by atoms with van der Waals surface area (Å²) in [5, 5.41) is 11.9. The number of nitrogens with two attached hydrogens (primary N) is 1. The van der Waals surface area contributed by atoms with E-state index in [0.717, 1.165) is 10.9 Å². The van der Waals surface area contributed by atoms with E-state index in [4.69, 9.17) is 10.8 Å². The van der Waals surface area contributed by atoms with Gasteiger partial charge in [-0.3, -0.25) is 4.79 Å². The van der Waals surface area contributed by atoms with Gasteiger partial charge >= 0.3 is 5.97 Å². The van der Waals surface area contributed by atoms with Crippen LogP contribution in [0.3, 0.4) is 0 Å². The molecule has 0 radical (unpaired) electrons. The van der Waals surface area contributed by atoms with E-state index in [1.807, 2.05) is 24.3 Å². The first-order chi connectivity index (χ1) is 10.1. The Morgan fingerprint density at radius 1 is 1.43 bits per heavy atom. The fraction of sp³-hybridized carbons (Fsp3) is 0.231. The molecule has 0 saturated heterocycles. The second-order valence-electron chi connectivity index (χ2n) is 4.23. The van der Waals surface area contributed by atoms with E-state index in [9.17, 15) is 9.59 Å². The zero-order chi connectivity index (χ0) is 15.2. The van der Waals surface area contributed by atoms with E-state index < -0.39 is 12.0 Å². The second kappa shape index (κ2) is 6.89. The van der Waals surface area contributed by atoms with Gasteiger partial charge in [0.1, 0.15) is 17.7 Å². The number of carboxylic acids is 1. The van der Waals surface area contributed by atoms with Crippen LogP contribution in [0.2, 0.25) is 0 Å². The van der Waals surface area contributed by atoms with Crippen LogP contribution in [-0.2, 0) is 15.3 Å². The number of aliphatic carboxylic acids is 1. The normalized spacial score (nSPS) is 12.0. The van der Waals surface area contributed by atoms with Gasteiger partial charge in [0.05, 0.1) is 11.3 Å². The molecule has 1 unspecified atom stereocenters. The van der Waals surface area contributed by atoms with Crippen LogP contribution in [0.5, 0.6) is 0 Å². The Morgan fingerprint density at radius 2 is 2.19 bits per heavy atom. The van der Waals surface area contributed by atoms with Crippen LogP contribution < -0.4 is 11.1 Å². The van der Waals surface area contributed by atoms with Gasteiger partial charge in [-0.1, -0.05) is 12.1 Å². The maximum absolute atomic E-state index is 10.9. The molecule has 1 atom stereocenters. The number of thioether (sulfide) groups is 1. The number of nitrogen functional groups attached to an aromatic ring is 1. The summed E-state index contributed by atoms with van der Waals surface area (Å²) >= 11 is 1.32. The van der Waals surface area contributed by atoms with Gasteiger partial charge in [-0.25, -0.2) is 14.8 Å². The Hall–Kier alpha value is -2.35. The van der Waals surface area contributed by atoms with Crippen LogP contribution >= 0.6 is 11.8 Å². The topological polar surface area (TPSA) is 118 Å². The van der Waals surface area contributed by atoms with Gasteiger partial charge in [-0.15, -0.1) is 0 Å². The number of rotatable bonds is 7. The number of fused-ring (bicyclic) bond motifs is 1. The van der Waals surface area contributed by atoms with E-state index >= 15 is 0 Å². The Balaban J connectivity index is 2.03. The quantitative estimate of drug-likeness (QED) is 0.642. The van der Waals surface area contributed by atoms with Gasteiger partial charge in [0.2, 0.25) is 6.41 Å². The van der Waals surface area contributed by atoms with Gasteiger partial charge in [-0.05, 0) is 12.1 Å². The fourth-order valence-electron chi connectivity index (χ4n) is 1.76. The van der Waals surface area contributed by atoms with Crippen molar-refractivity contribution in [2.45, 2.75) is 11.8 Å². The molecule has 2 aromatic rings. The first kappa shape index (κ1) is 15.0. The Bertz CT molecular complexity index is 665. The first-order valence-electron chi connectivity index (χ1n) is 6.13. The predicted octanol–water partition coefficient (Wildman–Crippen LogP) is 0.644. The molecule has 0 fully saturated rings. The summed E-state index contributed by atoms with van der Waals surface area (Å²) in [6.07, 6.45) is 0.379. The highest BCUT2D eigenvalue weighted by atomic mass is 32.2. The first-order valence-corrected chi connectivity index (χ1v) is 7.28. The van der Waals surface area contributed by atoms with E-state index in [0.29, 0.717) is 23.8 Å². The molecule has 0 bridgehead atoms. The third-order valence-corrected chi connectivity index (χ3v) is 3.79. The van der Waals surface area contributed by atoms with Crippen molar-refractivity contribution in [2.75, 3.05) is 11.5 Å². The zero-order valence-corrected chi connectivity index (χ0v) is 11.8. The van der Waals surface area contributed by atoms with Crippen LogP contribution in [0.1, 0.15) is 5.82 Å². The lowest BCUT2D eigenvalue weighted by Gasteiger charge is -2.10. The molecule has 1 amide bonds. The van der Waals surface area contributed by atoms with Crippen molar-refractivity contribution in [1.29, 1.82) is 0 Å². The number of carbonyl (C=O) groups excluding carboxylic acids is 1. The molecule has 8 heteroatoms. The van der Waals surface area contributed by atoms with Crippen LogP contribution in [-0.4, -0.2) is 39.2 Å². The molecule has 1 heterocycles. The second-order valence-corrected chi connectivity index (χ2v) is 5.26. The zero-order valence-electron chi connectivity index (χ0n) is 11.0. The molecule has 0 spiro atoms. The molecular formula is C13H14N4O3S. The van der Waals surface area contributed by atoms with E-state index in [1.165, 1.54) is 11.8 Å². The lowest BCUT2D eigenvalue weighted by atomic mass is 10.2. The summed E-state index contributed by atoms with van der Waals surface area (Å²) in [6, 6.07) is 6.48. The monoisotopic (exact) mass is 306 g/mol. The van der Waals surface area contributed by atoms with Gasteiger partial charge < -0.3 is 16.2 Å². The third-order valence-electron chi connectivity index (χ3n) is 2.76. The van der Waals surface area contributed by atoms with Gasteiger partial charge in [0, 0.05) is 11.1 Å². The highest BCUT2D eigenvalue weighted by molar-refractivity contribution is 7.98. The van der Waals surface area contributed by atoms with E-state index in [2.05, 4.69) is 15.3 Å². The molecule has 0 saturated carbocycles. The van der Waals surface area contributed by atoms with Crippen molar-refractivity contribution in [3.8, 4) is 0 Å². The third kappa shape index (κ3) is 3.82. The smallest absolute Gasteiger partial charge is 0.327 e. The van der Waals surface area contributed by atoms with Crippen molar-refractivity contribution in [1.82, 2.24) is 15.3 Å². The highest BCUT2D eigenvalue weighted by Crippen LogP contribution is 2.19. The summed E-state index contributed by atoms with van der Waals surface area (Å²) in [6.45, 7) is 0. The number of anilines is 1. The van der Waals surface area contributed by atoms with E-state index in [1.54, 1.807) is 0 Å². The maximum atomic E-state index is 10.9. The number of hydrogen-bond donors (Lipinski definition) is 3. The number of benzene rings is 1. The van der Waals surface area contributed by atoms with Gasteiger partial charge in [0.15, 0.2) is 0 Å². The van der Waals surface area contributed by atoms with Gasteiger partial charge in [0.25, 0.3) is 0 Å². The molecular weight excluding hydrogens is 292 g/mol. The van der Waals surface area contributed by atoms with Crippen molar-refractivity contribution in [2.24, 2.45) is 0 Å². The predicted molar refractivity (Wildman–Crippen MR) is 80.7 cm³/mol. The Labute approximate surface area is 125 Å². The van der Waals surface area contributed by atoms with E-state index in [-0.39, 0.29) is 5.75 Å². The Morgan fingerprint density at radius 3 is 2.90 bits per heavy atom. The number of hydrogen-bond acceptors (Lipinski definition) is 6. The maximum Gasteiger partial charge on any atom is 0.327 e. The van der Waals surface area contributed by atoms with Crippen molar-refractivity contribution in [3.63, 3.8) is 0 Å². The Kier molecular flexibility index (Phi) is 4.94. The largest absolute Gasteiger partial charge is 0.480 e. The van der Waals surface area contributed by atoms with Crippen molar-refractivity contribution >= 4 is 40.9 Å². The minimum atomic E-state index is -1.08. The average molecular weight is 306 g/mol. The highest BCUT2D eigenvalue weighted by Gasteiger charge is 2.16. The lowest BCUT2D eigenvalue weighted by molar-refractivity contribution is -0.139. The van der Waals surface area contributed by atoms with Crippen LogP contribution in [0.25, 0.3) is 10.9 Å². The molecule has 1 aromatic carbocycles. The molecule has 110 valence electrons. The van der Waals surface area contributed by atoms with Gasteiger partial charge in [-0.2, -0.15) is 11.8 Å². The number of aromatic nitrogens is 2. The molecule has 0 aliphatic heterocycles. The number of carboxylic acid groups (broad SMARTS) is 1. The number of carbonyl (C=O) groups is 2. The fourth-order valence-corrected chi connectivity index (χ4v) is 2.66. The molecule has 7 nitrogen and oxygen atoms in total. The molecule has 4 N–H and O–H groups in total. The number of amides is 1. The molecule has 21 heavy (non-hydrogen) atoms. The summed E-state index contributed by atoms with van der Waals surface area (Å²) in [7, 11) is 0. The minimum Gasteiger partial charge on any atom is -0.480 e. The summed E-state index contributed by atoms with van der Waals surface area (Å²) in [5.41, 5.74) is 6.62. The van der Waals surface area contributed by atoms with Crippen molar-refractivity contribution < 1.29 is 14.7 Å². The molecule has 2 rings (SSSR count). The summed E-state index contributed by atoms with van der Waals surface area (Å²) in [5.74, 6) is 0.501. The summed E-state index contributed by atoms with van der Waals surface area (Å²) < 4.78 is 0. The number of nitrogens with zero attached hydrogens (tertiary/aromatic N) is 2. The number of nitrogens with one attached hydrogen (secondary N) is 1. The summed E-state index contributed by atoms with van der Waals surface area (Å²) in [4.78, 5) is 29.8. The minimum absolute atomic E-state index is 0.226. The van der Waals surface area contributed by atoms with Crippen LogP contribution in [0.15, 0.2) is 24.3 Å². The molecule has 0 aliphatic carbocycles. The van der Waals surface area contributed by atoms with Crippen LogP contribution in [0, 0.1) is 0 Å². The van der Waals surface area contributed by atoms with Crippen molar-refractivity contribution in [3.05, 3.63) is 30.1 Å². The SMILES string of the molecule is Nc1nc(CSCC(NC=O)C(=O)O)nc2ccccc12. The molecule has 1 aromatic heterocycles. The standard InChI is InChI=1S/C13H14N4O3S/c14-12-8-3-1-2-4-9(8)16-11(17-12)6-21-5-10(13(19)20)15-7-18/h1-4,7,10H,5-6H2,(H,15,18)(H,19,20)(H2,14,16,17). The number of para-hydroxylation sites is 1. The molecule has 0 aliphatic rings.